The Hall–Kier alpha value is -0.380. The maximum atomic E-state index is 5.84. The molecule has 1 fully saturated rings. The highest BCUT2D eigenvalue weighted by Gasteiger charge is 2.30. The lowest BCUT2D eigenvalue weighted by Crippen LogP contribution is -2.46. The lowest BCUT2D eigenvalue weighted by atomic mass is 9.73. The molecule has 0 heterocycles. The summed E-state index contributed by atoms with van der Waals surface area (Å²) >= 11 is 3.49. The molecule has 1 aromatic rings. The van der Waals surface area contributed by atoms with Crippen LogP contribution in [0.4, 0.5) is 0 Å². The van der Waals surface area contributed by atoms with E-state index in [1.165, 1.54) is 37.7 Å². The normalized spacial score (nSPS) is 25.2. The van der Waals surface area contributed by atoms with Crippen LogP contribution >= 0.6 is 15.9 Å². The second kappa shape index (κ2) is 7.41. The summed E-state index contributed by atoms with van der Waals surface area (Å²) in [6, 6.07) is 9.02. The van der Waals surface area contributed by atoms with Gasteiger partial charge in [-0.05, 0) is 42.4 Å². The van der Waals surface area contributed by atoms with Crippen molar-refractivity contribution in [2.75, 3.05) is 0 Å². The topological polar surface area (TPSA) is 38.0 Å². The third-order valence-corrected chi connectivity index (χ3v) is 5.12. The van der Waals surface area contributed by atoms with Gasteiger partial charge in [0.2, 0.25) is 0 Å². The van der Waals surface area contributed by atoms with Gasteiger partial charge in [-0.2, -0.15) is 0 Å². The minimum Gasteiger partial charge on any atom is -0.271 e. The molecule has 19 heavy (non-hydrogen) atoms. The number of nitrogens with one attached hydrogen (secondary N) is 1. The predicted octanol–water partition coefficient (Wildman–Crippen LogP) is 4.04. The van der Waals surface area contributed by atoms with Gasteiger partial charge < -0.3 is 0 Å². The van der Waals surface area contributed by atoms with Gasteiger partial charge in [0, 0.05) is 10.5 Å². The number of hydrazine groups is 1. The Labute approximate surface area is 125 Å². The highest BCUT2D eigenvalue weighted by atomic mass is 79.9. The van der Waals surface area contributed by atoms with E-state index in [2.05, 4.69) is 52.5 Å². The van der Waals surface area contributed by atoms with Crippen LogP contribution < -0.4 is 11.3 Å². The summed E-state index contributed by atoms with van der Waals surface area (Å²) in [5.74, 6) is 7.41. The Balaban J connectivity index is 2.04. The molecule has 0 radical (unpaired) electrons. The lowest BCUT2D eigenvalue weighted by molar-refractivity contribution is 0.174. The molecule has 0 spiro atoms. The van der Waals surface area contributed by atoms with Crippen LogP contribution in [0.25, 0.3) is 0 Å². The van der Waals surface area contributed by atoms with Crippen molar-refractivity contribution in [3.8, 4) is 0 Å². The molecule has 3 atom stereocenters. The van der Waals surface area contributed by atoms with Gasteiger partial charge in [-0.25, -0.2) is 0 Å². The zero-order valence-electron chi connectivity index (χ0n) is 11.7. The van der Waals surface area contributed by atoms with E-state index in [1.54, 1.807) is 0 Å². The third-order valence-electron chi connectivity index (χ3n) is 4.59. The second-order valence-electron chi connectivity index (χ2n) is 5.72. The first-order valence-electron chi connectivity index (χ1n) is 7.45. The summed E-state index contributed by atoms with van der Waals surface area (Å²) in [4.78, 5) is 0. The molecule has 0 saturated heterocycles. The first-order chi connectivity index (χ1) is 9.24. The maximum Gasteiger partial charge on any atom is 0.0281 e. The minimum absolute atomic E-state index is 0.409. The number of halogens is 1. The lowest BCUT2D eigenvalue weighted by Gasteiger charge is -2.36. The predicted molar refractivity (Wildman–Crippen MR) is 84.7 cm³/mol. The summed E-state index contributed by atoms with van der Waals surface area (Å²) in [7, 11) is 0. The minimum atomic E-state index is 0.409. The third kappa shape index (κ3) is 4.04. The summed E-state index contributed by atoms with van der Waals surface area (Å²) in [5, 5.41) is 0. The van der Waals surface area contributed by atoms with Crippen molar-refractivity contribution < 1.29 is 0 Å². The first kappa shape index (κ1) is 15.0. The molecule has 0 amide bonds. The first-order valence-corrected chi connectivity index (χ1v) is 8.24. The summed E-state index contributed by atoms with van der Waals surface area (Å²) in [6.07, 6.45) is 7.77. The van der Waals surface area contributed by atoms with Gasteiger partial charge in [0.15, 0.2) is 0 Å². The van der Waals surface area contributed by atoms with E-state index in [0.717, 1.165) is 22.7 Å². The van der Waals surface area contributed by atoms with E-state index in [-0.39, 0.29) is 0 Å². The molecule has 106 valence electrons. The Kier molecular flexibility index (Phi) is 5.86. The van der Waals surface area contributed by atoms with Crippen LogP contribution in [0.3, 0.4) is 0 Å². The molecule has 0 aromatic heterocycles. The van der Waals surface area contributed by atoms with Crippen molar-refractivity contribution in [3.63, 3.8) is 0 Å². The van der Waals surface area contributed by atoms with Crippen LogP contribution in [0.5, 0.6) is 0 Å². The molecule has 2 nitrogen and oxygen atoms in total. The molecule has 1 saturated carbocycles. The van der Waals surface area contributed by atoms with Crippen LogP contribution in [0.15, 0.2) is 28.7 Å². The van der Waals surface area contributed by atoms with E-state index < -0.39 is 0 Å². The van der Waals surface area contributed by atoms with Gasteiger partial charge in [-0.15, -0.1) is 0 Å². The highest BCUT2D eigenvalue weighted by Crippen LogP contribution is 2.35. The molecular formula is C16H25BrN2. The standard InChI is InChI=1S/C16H25BrN2/c1-2-13-5-3-4-6-15(13)16(19-18)11-12-7-9-14(17)10-8-12/h7-10,13,15-16,19H,2-6,11,18H2,1H3. The average Bonchev–Trinajstić information content (AvgIpc) is 2.46. The highest BCUT2D eigenvalue weighted by molar-refractivity contribution is 9.10. The van der Waals surface area contributed by atoms with Crippen molar-refractivity contribution in [3.05, 3.63) is 34.3 Å². The van der Waals surface area contributed by atoms with Crippen LogP contribution in [-0.4, -0.2) is 6.04 Å². The summed E-state index contributed by atoms with van der Waals surface area (Å²) < 4.78 is 1.14. The van der Waals surface area contributed by atoms with Gasteiger partial charge in [0.25, 0.3) is 0 Å². The van der Waals surface area contributed by atoms with Gasteiger partial charge in [-0.3, -0.25) is 11.3 Å². The van der Waals surface area contributed by atoms with Crippen molar-refractivity contribution >= 4 is 15.9 Å². The van der Waals surface area contributed by atoms with E-state index in [4.69, 9.17) is 5.84 Å². The monoisotopic (exact) mass is 324 g/mol. The Morgan fingerprint density at radius 2 is 1.95 bits per heavy atom. The number of benzene rings is 1. The molecule has 1 aromatic carbocycles. The average molecular weight is 325 g/mol. The van der Waals surface area contributed by atoms with E-state index in [9.17, 15) is 0 Å². The quantitative estimate of drug-likeness (QED) is 0.633. The molecule has 3 unspecified atom stereocenters. The van der Waals surface area contributed by atoms with Crippen molar-refractivity contribution in [2.24, 2.45) is 17.7 Å². The second-order valence-corrected chi connectivity index (χ2v) is 6.64. The number of hydrogen-bond donors (Lipinski definition) is 2. The smallest absolute Gasteiger partial charge is 0.0281 e. The molecule has 1 aliphatic rings. The molecule has 0 aliphatic heterocycles. The molecule has 2 rings (SSSR count). The zero-order chi connectivity index (χ0) is 13.7. The SMILES string of the molecule is CCC1CCCCC1C(Cc1ccc(Br)cc1)NN. The van der Waals surface area contributed by atoms with Crippen molar-refractivity contribution in [1.29, 1.82) is 0 Å². The number of nitrogens with two attached hydrogens (primary N) is 1. The number of hydrogen-bond acceptors (Lipinski definition) is 2. The van der Waals surface area contributed by atoms with Crippen LogP contribution in [0.1, 0.15) is 44.6 Å². The molecule has 3 N–H and O–H groups in total. The number of rotatable bonds is 5. The van der Waals surface area contributed by atoms with Crippen molar-refractivity contribution in [1.82, 2.24) is 5.43 Å². The largest absolute Gasteiger partial charge is 0.271 e. The zero-order valence-corrected chi connectivity index (χ0v) is 13.3. The van der Waals surface area contributed by atoms with Gasteiger partial charge in [-0.1, -0.05) is 60.7 Å². The van der Waals surface area contributed by atoms with E-state index in [0.29, 0.717) is 6.04 Å². The molecular weight excluding hydrogens is 300 g/mol. The van der Waals surface area contributed by atoms with Crippen LogP contribution in [0.2, 0.25) is 0 Å². The fraction of sp³-hybridized carbons (Fsp3) is 0.625. The molecule has 3 heteroatoms. The van der Waals surface area contributed by atoms with Crippen LogP contribution in [0, 0.1) is 11.8 Å². The van der Waals surface area contributed by atoms with Gasteiger partial charge >= 0.3 is 0 Å². The fourth-order valence-corrected chi connectivity index (χ4v) is 3.75. The van der Waals surface area contributed by atoms with E-state index in [1.807, 2.05) is 0 Å². The Morgan fingerprint density at radius 1 is 1.26 bits per heavy atom. The molecule has 1 aliphatic carbocycles. The summed E-state index contributed by atoms with van der Waals surface area (Å²) in [5.41, 5.74) is 4.45. The Morgan fingerprint density at radius 3 is 2.58 bits per heavy atom. The fourth-order valence-electron chi connectivity index (χ4n) is 3.48. The van der Waals surface area contributed by atoms with Gasteiger partial charge in [0.05, 0.1) is 0 Å². The van der Waals surface area contributed by atoms with E-state index >= 15 is 0 Å². The molecule has 0 bridgehead atoms. The maximum absolute atomic E-state index is 5.84. The van der Waals surface area contributed by atoms with Crippen molar-refractivity contribution in [2.45, 2.75) is 51.5 Å². The Bertz CT molecular complexity index is 377. The summed E-state index contributed by atoms with van der Waals surface area (Å²) in [6.45, 7) is 2.32. The van der Waals surface area contributed by atoms with Gasteiger partial charge in [0.1, 0.15) is 0 Å². The van der Waals surface area contributed by atoms with Crippen LogP contribution in [-0.2, 0) is 6.42 Å².